The van der Waals surface area contributed by atoms with Gasteiger partial charge in [-0.3, -0.25) is 4.79 Å². The van der Waals surface area contributed by atoms with Gasteiger partial charge in [0.2, 0.25) is 5.91 Å². The first kappa shape index (κ1) is 14.7. The molecule has 0 aromatic heterocycles. The average Bonchev–Trinajstić information content (AvgIpc) is 2.34. The molecule has 0 aliphatic carbocycles. The Morgan fingerprint density at radius 2 is 2.00 bits per heavy atom. The molecule has 1 aromatic rings. The molecule has 1 rings (SSSR count). The Kier molecular flexibility index (Phi) is 6.39. The van der Waals surface area contributed by atoms with Gasteiger partial charge in [-0.15, -0.1) is 0 Å². The molecule has 1 amide bonds. The van der Waals surface area contributed by atoms with Crippen LogP contribution in [0.5, 0.6) is 0 Å². The van der Waals surface area contributed by atoms with Crippen molar-refractivity contribution in [3.8, 4) is 0 Å². The minimum atomic E-state index is 0.0307. The zero-order valence-electron chi connectivity index (χ0n) is 11.4. The second kappa shape index (κ2) is 7.84. The van der Waals surface area contributed by atoms with Crippen LogP contribution < -0.4 is 10.6 Å². The second-order valence-corrected chi connectivity index (χ2v) is 4.34. The molecule has 0 atom stereocenters. The molecular weight excluding hydrogens is 228 g/mol. The van der Waals surface area contributed by atoms with Gasteiger partial charge in [-0.1, -0.05) is 6.07 Å². The Morgan fingerprint density at radius 1 is 1.22 bits per heavy atom. The van der Waals surface area contributed by atoms with Crippen LogP contribution in [0.1, 0.15) is 17.5 Å². The molecule has 18 heavy (non-hydrogen) atoms. The lowest BCUT2D eigenvalue weighted by atomic mass is 10.1. The standard InChI is InChI=1S/C14H22N2O2/c1-11-4-5-13(10-12(11)2)16-14(17)6-7-15-8-9-18-3/h4-5,10,15H,6-9H2,1-3H3,(H,16,17). The number of benzene rings is 1. The summed E-state index contributed by atoms with van der Waals surface area (Å²) in [5, 5.41) is 6.03. The van der Waals surface area contributed by atoms with Crippen LogP contribution in [-0.4, -0.2) is 32.7 Å². The van der Waals surface area contributed by atoms with E-state index in [2.05, 4.69) is 17.6 Å². The molecule has 0 radical (unpaired) electrons. The number of aryl methyl sites for hydroxylation is 2. The summed E-state index contributed by atoms with van der Waals surface area (Å²) in [7, 11) is 1.66. The lowest BCUT2D eigenvalue weighted by Crippen LogP contribution is -2.24. The van der Waals surface area contributed by atoms with Crippen LogP contribution in [-0.2, 0) is 9.53 Å². The first-order valence-corrected chi connectivity index (χ1v) is 6.20. The molecule has 0 spiro atoms. The van der Waals surface area contributed by atoms with Crippen molar-refractivity contribution in [1.29, 1.82) is 0 Å². The van der Waals surface area contributed by atoms with Crippen molar-refractivity contribution >= 4 is 11.6 Å². The highest BCUT2D eigenvalue weighted by Crippen LogP contribution is 2.14. The van der Waals surface area contributed by atoms with Crippen LogP contribution in [0.25, 0.3) is 0 Å². The third kappa shape index (κ3) is 5.29. The predicted molar refractivity (Wildman–Crippen MR) is 73.9 cm³/mol. The van der Waals surface area contributed by atoms with E-state index in [0.717, 1.165) is 12.2 Å². The monoisotopic (exact) mass is 250 g/mol. The first-order valence-electron chi connectivity index (χ1n) is 6.20. The number of hydrogen-bond donors (Lipinski definition) is 2. The number of methoxy groups -OCH3 is 1. The summed E-state index contributed by atoms with van der Waals surface area (Å²) in [6.07, 6.45) is 0.469. The van der Waals surface area contributed by atoms with Crippen molar-refractivity contribution in [2.24, 2.45) is 0 Å². The smallest absolute Gasteiger partial charge is 0.225 e. The van der Waals surface area contributed by atoms with Gasteiger partial charge in [0, 0.05) is 32.3 Å². The van der Waals surface area contributed by atoms with E-state index in [1.165, 1.54) is 11.1 Å². The molecule has 100 valence electrons. The summed E-state index contributed by atoms with van der Waals surface area (Å²) in [6, 6.07) is 5.94. The molecule has 0 fully saturated rings. The van der Waals surface area contributed by atoms with Crippen molar-refractivity contribution in [2.75, 3.05) is 32.1 Å². The third-order valence-corrected chi connectivity index (χ3v) is 2.80. The Morgan fingerprint density at radius 3 is 2.67 bits per heavy atom. The molecule has 0 saturated heterocycles. The SMILES string of the molecule is COCCNCCC(=O)Nc1ccc(C)c(C)c1. The number of hydrogen-bond acceptors (Lipinski definition) is 3. The van der Waals surface area contributed by atoms with E-state index < -0.39 is 0 Å². The lowest BCUT2D eigenvalue weighted by molar-refractivity contribution is -0.116. The fourth-order valence-electron chi connectivity index (χ4n) is 1.54. The highest BCUT2D eigenvalue weighted by atomic mass is 16.5. The molecule has 0 heterocycles. The Labute approximate surface area is 109 Å². The Balaban J connectivity index is 2.29. The largest absolute Gasteiger partial charge is 0.383 e. The molecule has 1 aromatic carbocycles. The summed E-state index contributed by atoms with van der Waals surface area (Å²) < 4.78 is 4.91. The molecule has 2 N–H and O–H groups in total. The summed E-state index contributed by atoms with van der Waals surface area (Å²) in [6.45, 7) is 6.20. The van der Waals surface area contributed by atoms with Gasteiger partial charge in [0.25, 0.3) is 0 Å². The Bertz CT molecular complexity index is 391. The number of carbonyl (C=O) groups excluding carboxylic acids is 1. The molecule has 0 bridgehead atoms. The summed E-state index contributed by atoms with van der Waals surface area (Å²) in [5.74, 6) is 0.0307. The van der Waals surface area contributed by atoms with Crippen molar-refractivity contribution in [3.05, 3.63) is 29.3 Å². The van der Waals surface area contributed by atoms with Crippen molar-refractivity contribution < 1.29 is 9.53 Å². The van der Waals surface area contributed by atoms with Gasteiger partial charge in [0.15, 0.2) is 0 Å². The molecule has 4 nitrogen and oxygen atoms in total. The van der Waals surface area contributed by atoms with Gasteiger partial charge in [-0.25, -0.2) is 0 Å². The zero-order valence-corrected chi connectivity index (χ0v) is 11.4. The molecule has 4 heteroatoms. The summed E-state index contributed by atoms with van der Waals surface area (Å²) in [5.41, 5.74) is 3.28. The number of nitrogens with one attached hydrogen (secondary N) is 2. The number of carbonyl (C=O) groups is 1. The molecular formula is C14H22N2O2. The zero-order chi connectivity index (χ0) is 13.4. The minimum Gasteiger partial charge on any atom is -0.383 e. The van der Waals surface area contributed by atoms with Crippen LogP contribution in [0.2, 0.25) is 0 Å². The fraction of sp³-hybridized carbons (Fsp3) is 0.500. The predicted octanol–water partition coefficient (Wildman–Crippen LogP) is 1.87. The first-order chi connectivity index (χ1) is 8.63. The van der Waals surface area contributed by atoms with Gasteiger partial charge < -0.3 is 15.4 Å². The van der Waals surface area contributed by atoms with E-state index in [1.807, 2.05) is 25.1 Å². The van der Waals surface area contributed by atoms with Crippen LogP contribution in [0.4, 0.5) is 5.69 Å². The van der Waals surface area contributed by atoms with E-state index in [0.29, 0.717) is 19.6 Å². The topological polar surface area (TPSA) is 50.4 Å². The molecule has 0 unspecified atom stereocenters. The van der Waals surface area contributed by atoms with Crippen LogP contribution in [0.3, 0.4) is 0 Å². The molecule has 0 saturated carbocycles. The van der Waals surface area contributed by atoms with Gasteiger partial charge in [0.05, 0.1) is 6.61 Å². The van der Waals surface area contributed by atoms with Gasteiger partial charge in [0.1, 0.15) is 0 Å². The Hall–Kier alpha value is -1.39. The van der Waals surface area contributed by atoms with Crippen molar-refractivity contribution in [2.45, 2.75) is 20.3 Å². The molecule has 0 aliphatic heterocycles. The van der Waals surface area contributed by atoms with Gasteiger partial charge in [-0.05, 0) is 37.1 Å². The third-order valence-electron chi connectivity index (χ3n) is 2.80. The van der Waals surface area contributed by atoms with Gasteiger partial charge >= 0.3 is 0 Å². The minimum absolute atomic E-state index is 0.0307. The number of rotatable bonds is 7. The maximum Gasteiger partial charge on any atom is 0.225 e. The normalized spacial score (nSPS) is 10.4. The van der Waals surface area contributed by atoms with E-state index >= 15 is 0 Å². The number of anilines is 1. The fourth-order valence-corrected chi connectivity index (χ4v) is 1.54. The van der Waals surface area contributed by atoms with Crippen molar-refractivity contribution in [1.82, 2.24) is 5.32 Å². The van der Waals surface area contributed by atoms with E-state index in [9.17, 15) is 4.79 Å². The van der Waals surface area contributed by atoms with Crippen LogP contribution in [0, 0.1) is 13.8 Å². The van der Waals surface area contributed by atoms with Crippen molar-refractivity contribution in [3.63, 3.8) is 0 Å². The quantitative estimate of drug-likeness (QED) is 0.726. The second-order valence-electron chi connectivity index (χ2n) is 4.34. The highest BCUT2D eigenvalue weighted by molar-refractivity contribution is 5.90. The average molecular weight is 250 g/mol. The number of ether oxygens (including phenoxy) is 1. The summed E-state index contributed by atoms with van der Waals surface area (Å²) >= 11 is 0. The van der Waals surface area contributed by atoms with Crippen LogP contribution >= 0.6 is 0 Å². The summed E-state index contributed by atoms with van der Waals surface area (Å²) in [4.78, 5) is 11.7. The van der Waals surface area contributed by atoms with Gasteiger partial charge in [-0.2, -0.15) is 0 Å². The van der Waals surface area contributed by atoms with E-state index in [4.69, 9.17) is 4.74 Å². The van der Waals surface area contributed by atoms with Crippen LogP contribution in [0.15, 0.2) is 18.2 Å². The lowest BCUT2D eigenvalue weighted by Gasteiger charge is -2.08. The number of amides is 1. The maximum absolute atomic E-state index is 11.7. The maximum atomic E-state index is 11.7. The van der Waals surface area contributed by atoms with E-state index in [-0.39, 0.29) is 5.91 Å². The van der Waals surface area contributed by atoms with E-state index in [1.54, 1.807) is 7.11 Å². The molecule has 0 aliphatic rings. The highest BCUT2D eigenvalue weighted by Gasteiger charge is 2.02.